The SMILES string of the molecule is CC1(C)CC[C@]2(C)CC[C@]3(C)[C@@H]4CC[C@@]56O[C@@H](CC[C@H]5[C@]4(C)CC[C@@]3(C)[C@@H]2C1)C6(C)C. The van der Waals surface area contributed by atoms with Crippen molar-refractivity contribution in [2.75, 3.05) is 0 Å². The molecule has 0 aromatic heterocycles. The maximum Gasteiger partial charge on any atom is 0.0795 e. The van der Waals surface area contributed by atoms with Gasteiger partial charge in [-0.2, -0.15) is 0 Å². The van der Waals surface area contributed by atoms with Crippen molar-refractivity contribution < 1.29 is 4.74 Å². The van der Waals surface area contributed by atoms with E-state index >= 15 is 0 Å². The van der Waals surface area contributed by atoms with Gasteiger partial charge in [0.05, 0.1) is 11.7 Å². The summed E-state index contributed by atoms with van der Waals surface area (Å²) >= 11 is 0. The third-order valence-electron chi connectivity index (χ3n) is 14.1. The number of hydrogen-bond acceptors (Lipinski definition) is 1. The number of ether oxygens (including phenoxy) is 1. The first-order chi connectivity index (χ1) is 14.2. The predicted octanol–water partition coefficient (Wildman–Crippen LogP) is 8.41. The number of fused-ring (bicyclic) bond motifs is 6. The van der Waals surface area contributed by atoms with Crippen molar-refractivity contribution in [1.82, 2.24) is 0 Å². The molecule has 31 heavy (non-hydrogen) atoms. The molecule has 5 saturated carbocycles. The zero-order valence-electron chi connectivity index (χ0n) is 22.0. The Bertz CT molecular complexity index is 796. The Kier molecular flexibility index (Phi) is 4.00. The van der Waals surface area contributed by atoms with Crippen LogP contribution in [0.1, 0.15) is 126 Å². The summed E-state index contributed by atoms with van der Waals surface area (Å²) < 4.78 is 6.82. The van der Waals surface area contributed by atoms with Crippen LogP contribution in [-0.2, 0) is 4.74 Å². The lowest BCUT2D eigenvalue weighted by Crippen LogP contribution is -2.78. The first-order valence-electron chi connectivity index (χ1n) is 13.9. The van der Waals surface area contributed by atoms with Crippen LogP contribution < -0.4 is 0 Å². The van der Waals surface area contributed by atoms with Crippen LogP contribution in [0, 0.1) is 50.2 Å². The van der Waals surface area contributed by atoms with E-state index in [-0.39, 0.29) is 5.60 Å². The topological polar surface area (TPSA) is 9.23 Å². The minimum absolute atomic E-state index is 0.196. The molecular formula is C30H50O. The summed E-state index contributed by atoms with van der Waals surface area (Å²) in [5.74, 6) is 2.59. The Balaban J connectivity index is 1.40. The van der Waals surface area contributed by atoms with Gasteiger partial charge in [-0.15, -0.1) is 0 Å². The van der Waals surface area contributed by atoms with Gasteiger partial charge >= 0.3 is 0 Å². The van der Waals surface area contributed by atoms with E-state index in [1.807, 2.05) is 0 Å². The van der Waals surface area contributed by atoms with E-state index in [1.54, 1.807) is 0 Å². The van der Waals surface area contributed by atoms with E-state index in [1.165, 1.54) is 70.6 Å². The molecule has 2 saturated heterocycles. The Hall–Kier alpha value is -0.0400. The van der Waals surface area contributed by atoms with Crippen molar-refractivity contribution in [3.05, 3.63) is 0 Å². The summed E-state index contributed by atoms with van der Waals surface area (Å²) in [5, 5.41) is 0. The van der Waals surface area contributed by atoms with Crippen molar-refractivity contribution in [2.24, 2.45) is 50.2 Å². The molecule has 2 heterocycles. The Labute approximate surface area is 192 Å². The molecule has 0 aromatic carbocycles. The standard InChI is InChI=1S/C30H50O/c1-24(2)13-14-26(5)15-17-28(7)20-11-12-30-21(9-10-23(31-30)25(30,3)4)27(20,6)16-18-29(28,8)22(26)19-24/h20-23H,9-19H2,1-8H3/t20-,21+,22-,23+,26-,27-,28-,29+,30-/m1/s1. The molecule has 0 amide bonds. The van der Waals surface area contributed by atoms with E-state index in [0.29, 0.717) is 38.6 Å². The van der Waals surface area contributed by atoms with Crippen molar-refractivity contribution in [2.45, 2.75) is 138 Å². The normalized spacial score (nSPS) is 61.2. The summed E-state index contributed by atoms with van der Waals surface area (Å²) in [6, 6.07) is 0. The quantitative estimate of drug-likeness (QED) is 0.378. The average molecular weight is 427 g/mol. The lowest BCUT2D eigenvalue weighted by atomic mass is 9.30. The minimum atomic E-state index is 0.196. The third-order valence-corrected chi connectivity index (χ3v) is 14.1. The molecular weight excluding hydrogens is 376 g/mol. The second-order valence-corrected chi connectivity index (χ2v) is 15.9. The van der Waals surface area contributed by atoms with Crippen LogP contribution in [0.15, 0.2) is 0 Å². The van der Waals surface area contributed by atoms with Gasteiger partial charge in [-0.1, -0.05) is 55.4 Å². The van der Waals surface area contributed by atoms with Gasteiger partial charge in [0.25, 0.3) is 0 Å². The molecule has 2 aliphatic heterocycles. The smallest absolute Gasteiger partial charge is 0.0795 e. The highest BCUT2D eigenvalue weighted by molar-refractivity contribution is 5.25. The molecule has 1 nitrogen and oxygen atoms in total. The summed E-state index contributed by atoms with van der Waals surface area (Å²) in [5.41, 5.74) is 3.21. The zero-order valence-corrected chi connectivity index (χ0v) is 22.0. The molecule has 7 rings (SSSR count). The molecule has 0 aromatic rings. The first kappa shape index (κ1) is 21.5. The minimum Gasteiger partial charge on any atom is -0.370 e. The van der Waals surface area contributed by atoms with Crippen LogP contribution in [0.2, 0.25) is 0 Å². The van der Waals surface area contributed by atoms with Crippen molar-refractivity contribution in [3.8, 4) is 0 Å². The van der Waals surface area contributed by atoms with Crippen LogP contribution >= 0.6 is 0 Å². The fourth-order valence-corrected chi connectivity index (χ4v) is 11.8. The van der Waals surface area contributed by atoms with Gasteiger partial charge in [0.15, 0.2) is 0 Å². The van der Waals surface area contributed by atoms with Crippen molar-refractivity contribution in [3.63, 3.8) is 0 Å². The highest BCUT2D eigenvalue weighted by Gasteiger charge is 2.76. The number of hydrogen-bond donors (Lipinski definition) is 0. The van der Waals surface area contributed by atoms with E-state index < -0.39 is 0 Å². The molecule has 9 atom stereocenters. The van der Waals surface area contributed by atoms with Crippen LogP contribution in [0.5, 0.6) is 0 Å². The van der Waals surface area contributed by atoms with Crippen LogP contribution in [-0.4, -0.2) is 11.7 Å². The molecule has 0 radical (unpaired) electrons. The summed E-state index contributed by atoms with van der Waals surface area (Å²) in [6.07, 6.45) is 16.3. The molecule has 1 spiro atoms. The van der Waals surface area contributed by atoms with Crippen LogP contribution in [0.3, 0.4) is 0 Å². The van der Waals surface area contributed by atoms with Crippen molar-refractivity contribution >= 4 is 0 Å². The number of rotatable bonds is 0. The second kappa shape index (κ2) is 5.78. The van der Waals surface area contributed by atoms with Gasteiger partial charge in [-0.25, -0.2) is 0 Å². The zero-order chi connectivity index (χ0) is 22.3. The van der Waals surface area contributed by atoms with Gasteiger partial charge in [0.1, 0.15) is 0 Å². The maximum absolute atomic E-state index is 6.82. The fourth-order valence-electron chi connectivity index (χ4n) is 11.8. The summed E-state index contributed by atoms with van der Waals surface area (Å²) in [7, 11) is 0. The van der Waals surface area contributed by atoms with Crippen LogP contribution in [0.25, 0.3) is 0 Å². The molecule has 2 bridgehead atoms. The molecule has 7 fully saturated rings. The first-order valence-corrected chi connectivity index (χ1v) is 13.9. The van der Waals surface area contributed by atoms with Crippen LogP contribution in [0.4, 0.5) is 0 Å². The summed E-state index contributed by atoms with van der Waals surface area (Å²) in [6.45, 7) is 21.2. The molecule has 1 heteroatoms. The summed E-state index contributed by atoms with van der Waals surface area (Å²) in [4.78, 5) is 0. The van der Waals surface area contributed by atoms with Gasteiger partial charge in [0, 0.05) is 5.41 Å². The van der Waals surface area contributed by atoms with E-state index in [2.05, 4.69) is 55.4 Å². The van der Waals surface area contributed by atoms with Gasteiger partial charge in [-0.3, -0.25) is 0 Å². The Morgan fingerprint density at radius 1 is 0.581 bits per heavy atom. The Morgan fingerprint density at radius 3 is 1.94 bits per heavy atom. The molecule has 5 aliphatic carbocycles. The maximum atomic E-state index is 6.82. The lowest BCUT2D eigenvalue weighted by molar-refractivity contribution is -0.399. The van der Waals surface area contributed by atoms with Gasteiger partial charge in [-0.05, 0) is 115 Å². The lowest BCUT2D eigenvalue weighted by Gasteiger charge is -2.79. The van der Waals surface area contributed by atoms with Crippen molar-refractivity contribution in [1.29, 1.82) is 0 Å². The third kappa shape index (κ3) is 2.25. The van der Waals surface area contributed by atoms with E-state index in [9.17, 15) is 0 Å². The van der Waals surface area contributed by atoms with E-state index in [0.717, 1.165) is 17.8 Å². The fraction of sp³-hybridized carbons (Fsp3) is 1.00. The second-order valence-electron chi connectivity index (χ2n) is 15.9. The molecule has 176 valence electrons. The Morgan fingerprint density at radius 2 is 1.23 bits per heavy atom. The average Bonchev–Trinajstić information content (AvgIpc) is 2.71. The van der Waals surface area contributed by atoms with Gasteiger partial charge in [0.2, 0.25) is 0 Å². The predicted molar refractivity (Wildman–Crippen MR) is 129 cm³/mol. The largest absolute Gasteiger partial charge is 0.370 e. The van der Waals surface area contributed by atoms with E-state index in [4.69, 9.17) is 4.74 Å². The molecule has 0 N–H and O–H groups in total. The molecule has 7 aliphatic rings. The highest BCUT2D eigenvalue weighted by Crippen LogP contribution is 2.80. The highest BCUT2D eigenvalue weighted by atomic mass is 16.5. The monoisotopic (exact) mass is 426 g/mol. The van der Waals surface area contributed by atoms with Gasteiger partial charge < -0.3 is 4.74 Å². The molecule has 0 unspecified atom stereocenters.